The Morgan fingerprint density at radius 3 is 2.76 bits per heavy atom. The Kier molecular flexibility index (Phi) is 5.44. The summed E-state index contributed by atoms with van der Waals surface area (Å²) in [5.41, 5.74) is 2.83. The average Bonchev–Trinajstić information content (AvgIpc) is 3.04. The molecule has 33 heavy (non-hydrogen) atoms. The van der Waals surface area contributed by atoms with Crippen molar-refractivity contribution in [3.05, 3.63) is 53.6 Å². The van der Waals surface area contributed by atoms with E-state index in [1.54, 1.807) is 4.90 Å². The van der Waals surface area contributed by atoms with Crippen LogP contribution in [0, 0.1) is 6.92 Å². The van der Waals surface area contributed by atoms with E-state index in [1.807, 2.05) is 13.1 Å². The Labute approximate surface area is 196 Å². The van der Waals surface area contributed by atoms with Crippen molar-refractivity contribution in [1.29, 1.82) is 0 Å². The first-order valence-electron chi connectivity index (χ1n) is 12.0. The number of rotatable bonds is 3. The van der Waals surface area contributed by atoms with Gasteiger partial charge in [-0.1, -0.05) is 42.8 Å². The minimum atomic E-state index is -0.921. The van der Waals surface area contributed by atoms with E-state index in [2.05, 4.69) is 62.5 Å². The molecular weight excluding hydrogens is 414 g/mol. The van der Waals surface area contributed by atoms with Crippen molar-refractivity contribution >= 4 is 11.9 Å². The van der Waals surface area contributed by atoms with Crippen molar-refractivity contribution in [1.82, 2.24) is 10.2 Å². The van der Waals surface area contributed by atoms with Crippen LogP contribution in [0.1, 0.15) is 50.7 Å². The van der Waals surface area contributed by atoms with Gasteiger partial charge in [0.1, 0.15) is 11.4 Å². The van der Waals surface area contributed by atoms with E-state index in [0.717, 1.165) is 48.3 Å². The highest BCUT2D eigenvalue weighted by Crippen LogP contribution is 2.50. The Morgan fingerprint density at radius 2 is 2.03 bits per heavy atom. The number of amides is 1. The van der Waals surface area contributed by atoms with Crippen molar-refractivity contribution in [2.45, 2.75) is 63.6 Å². The second kappa shape index (κ2) is 8.17. The highest BCUT2D eigenvalue weighted by atomic mass is 16.5. The van der Waals surface area contributed by atoms with E-state index in [-0.39, 0.29) is 11.9 Å². The molecule has 2 fully saturated rings. The number of likely N-dealkylation sites (N-methyl/N-ethyl adjacent to an activating group) is 1. The van der Waals surface area contributed by atoms with Crippen molar-refractivity contribution < 1.29 is 14.3 Å². The van der Waals surface area contributed by atoms with Gasteiger partial charge in [-0.15, -0.1) is 0 Å². The molecule has 174 valence electrons. The summed E-state index contributed by atoms with van der Waals surface area (Å²) >= 11 is 0. The Bertz CT molecular complexity index is 1110. The van der Waals surface area contributed by atoms with Crippen LogP contribution in [0.3, 0.4) is 0 Å². The first-order valence-corrected chi connectivity index (χ1v) is 12.0. The lowest BCUT2D eigenvalue weighted by atomic mass is 9.73. The molecule has 0 aliphatic carbocycles. The molecule has 6 heteroatoms. The van der Waals surface area contributed by atoms with E-state index >= 15 is 0 Å². The Hall–Kier alpha value is -2.86. The first-order chi connectivity index (χ1) is 15.9. The van der Waals surface area contributed by atoms with E-state index in [0.29, 0.717) is 19.0 Å². The van der Waals surface area contributed by atoms with Crippen LogP contribution >= 0.6 is 0 Å². The number of carbonyl (C=O) groups excluding carboxylic acids is 1. The van der Waals surface area contributed by atoms with Crippen molar-refractivity contribution in [3.63, 3.8) is 0 Å². The molecule has 2 saturated heterocycles. The third-order valence-electron chi connectivity index (χ3n) is 7.24. The largest absolute Gasteiger partial charge is 0.484 e. The number of nitrogens with zero attached hydrogens (tertiary/aromatic N) is 2. The molecule has 3 atom stereocenters. The molecular formula is C27H33N3O3. The number of hydrogen-bond acceptors (Lipinski definition) is 4. The standard InChI is InChI=1S/C27H33N3O3/c1-5-19(3)28-25-29-27(24(31)30(25)4)16-26(12-7-13-32-17-26)33-23-11-10-21(15-22(23)27)20-9-6-8-18(2)14-20/h6,8-11,14-15,19H,5,7,12-13,16-17H2,1-4H3,(H,28,29). The summed E-state index contributed by atoms with van der Waals surface area (Å²) in [6.07, 6.45) is 3.22. The number of fused-ring (bicyclic) bond motifs is 2. The van der Waals surface area contributed by atoms with Gasteiger partial charge in [-0.2, -0.15) is 0 Å². The van der Waals surface area contributed by atoms with Gasteiger partial charge in [-0.3, -0.25) is 9.69 Å². The van der Waals surface area contributed by atoms with Gasteiger partial charge in [-0.05, 0) is 56.4 Å². The SMILES string of the molecule is CCC(C)N=C1NC2(CC3(CCCOC3)Oc3ccc(-c4cccc(C)c4)cc32)C(=O)N1C. The molecule has 5 rings (SSSR count). The quantitative estimate of drug-likeness (QED) is 0.757. The molecule has 3 unspecified atom stereocenters. The van der Waals surface area contributed by atoms with Crippen LogP contribution in [0.15, 0.2) is 47.5 Å². The fourth-order valence-corrected chi connectivity index (χ4v) is 5.28. The van der Waals surface area contributed by atoms with E-state index in [1.165, 1.54) is 5.56 Å². The molecule has 6 nitrogen and oxygen atoms in total. The lowest BCUT2D eigenvalue weighted by Gasteiger charge is -2.47. The van der Waals surface area contributed by atoms with E-state index in [4.69, 9.17) is 14.5 Å². The molecule has 3 aliphatic rings. The molecule has 2 aromatic carbocycles. The summed E-state index contributed by atoms with van der Waals surface area (Å²) in [7, 11) is 1.81. The number of carbonyl (C=O) groups is 1. The van der Waals surface area contributed by atoms with E-state index < -0.39 is 11.1 Å². The second-order valence-corrected chi connectivity index (χ2v) is 9.80. The highest BCUT2D eigenvalue weighted by molar-refractivity contribution is 6.09. The molecule has 0 radical (unpaired) electrons. The van der Waals surface area contributed by atoms with Gasteiger partial charge in [0.15, 0.2) is 5.54 Å². The number of ether oxygens (including phenoxy) is 2. The Morgan fingerprint density at radius 1 is 1.21 bits per heavy atom. The third kappa shape index (κ3) is 3.70. The molecule has 3 heterocycles. The second-order valence-electron chi connectivity index (χ2n) is 9.80. The summed E-state index contributed by atoms with van der Waals surface area (Å²) in [6.45, 7) is 7.49. The number of benzene rings is 2. The Balaban J connectivity index is 1.66. The van der Waals surface area contributed by atoms with Crippen molar-refractivity contribution in [2.75, 3.05) is 20.3 Å². The van der Waals surface area contributed by atoms with Gasteiger partial charge in [-0.25, -0.2) is 4.99 Å². The number of guanidine groups is 1. The summed E-state index contributed by atoms with van der Waals surface area (Å²) in [5, 5.41) is 3.58. The predicted octanol–water partition coefficient (Wildman–Crippen LogP) is 4.41. The lowest BCUT2D eigenvalue weighted by Crippen LogP contribution is -2.58. The number of hydrogen-bond donors (Lipinski definition) is 1. The molecule has 2 spiro atoms. The minimum absolute atomic E-state index is 0.0143. The lowest BCUT2D eigenvalue weighted by molar-refractivity contribution is -0.139. The normalized spacial score (nSPS) is 28.7. The van der Waals surface area contributed by atoms with Crippen molar-refractivity contribution in [2.24, 2.45) is 4.99 Å². The highest BCUT2D eigenvalue weighted by Gasteiger charge is 2.59. The summed E-state index contributed by atoms with van der Waals surface area (Å²) in [4.78, 5) is 20.4. The fourth-order valence-electron chi connectivity index (χ4n) is 5.28. The summed E-state index contributed by atoms with van der Waals surface area (Å²) < 4.78 is 12.5. The smallest absolute Gasteiger partial charge is 0.259 e. The summed E-state index contributed by atoms with van der Waals surface area (Å²) in [6, 6.07) is 14.8. The van der Waals surface area contributed by atoms with Crippen LogP contribution in [-0.2, 0) is 15.1 Å². The average molecular weight is 448 g/mol. The topological polar surface area (TPSA) is 63.2 Å². The van der Waals surface area contributed by atoms with Crippen LogP contribution in [0.4, 0.5) is 0 Å². The van der Waals surface area contributed by atoms with Crippen LogP contribution in [-0.4, -0.2) is 48.7 Å². The van der Waals surface area contributed by atoms with Gasteiger partial charge in [0.2, 0.25) is 5.96 Å². The molecule has 2 aromatic rings. The van der Waals surface area contributed by atoms with Crippen LogP contribution in [0.25, 0.3) is 11.1 Å². The van der Waals surface area contributed by atoms with Crippen LogP contribution in [0.5, 0.6) is 5.75 Å². The molecule has 1 N–H and O–H groups in total. The molecule has 1 amide bonds. The predicted molar refractivity (Wildman–Crippen MR) is 129 cm³/mol. The zero-order valence-electron chi connectivity index (χ0n) is 20.0. The molecule has 3 aliphatic heterocycles. The molecule has 0 aromatic heterocycles. The molecule has 0 saturated carbocycles. The van der Waals surface area contributed by atoms with E-state index in [9.17, 15) is 4.79 Å². The monoisotopic (exact) mass is 447 g/mol. The zero-order valence-corrected chi connectivity index (χ0v) is 20.0. The number of aliphatic imine (C=N–C) groups is 1. The summed E-state index contributed by atoms with van der Waals surface area (Å²) in [5.74, 6) is 1.40. The number of aryl methyl sites for hydroxylation is 1. The first kappa shape index (κ1) is 22.0. The third-order valence-corrected chi connectivity index (χ3v) is 7.24. The maximum Gasteiger partial charge on any atom is 0.259 e. The molecule has 0 bridgehead atoms. The van der Waals surface area contributed by atoms with Crippen LogP contribution < -0.4 is 10.1 Å². The maximum absolute atomic E-state index is 13.9. The van der Waals surface area contributed by atoms with Gasteiger partial charge in [0.05, 0.1) is 12.6 Å². The number of nitrogens with one attached hydrogen (secondary N) is 1. The fraction of sp³-hybridized carbons (Fsp3) is 0.481. The van der Waals surface area contributed by atoms with Crippen LogP contribution in [0.2, 0.25) is 0 Å². The zero-order chi connectivity index (χ0) is 23.2. The van der Waals surface area contributed by atoms with Gasteiger partial charge >= 0.3 is 0 Å². The van der Waals surface area contributed by atoms with Crippen molar-refractivity contribution in [3.8, 4) is 16.9 Å². The van der Waals surface area contributed by atoms with Gasteiger partial charge in [0, 0.05) is 25.6 Å². The maximum atomic E-state index is 13.9. The minimum Gasteiger partial charge on any atom is -0.484 e. The van der Waals surface area contributed by atoms with Gasteiger partial charge in [0.25, 0.3) is 5.91 Å². The van der Waals surface area contributed by atoms with Gasteiger partial charge < -0.3 is 14.8 Å².